The van der Waals surface area contributed by atoms with E-state index in [2.05, 4.69) is 18.3 Å². The molecule has 2 rings (SSSR count). The minimum atomic E-state index is 0.662. The largest absolute Gasteiger partial charge is 0.472 e. The van der Waals surface area contributed by atoms with E-state index in [1.807, 2.05) is 6.26 Å². The van der Waals surface area contributed by atoms with E-state index in [9.17, 15) is 0 Å². The van der Waals surface area contributed by atoms with Crippen LogP contribution in [0, 0.1) is 0 Å². The van der Waals surface area contributed by atoms with Crippen molar-refractivity contribution >= 4 is 0 Å². The highest BCUT2D eigenvalue weighted by atomic mass is 16.3. The predicted octanol–water partition coefficient (Wildman–Crippen LogP) is 1.75. The maximum absolute atomic E-state index is 5.03. The lowest BCUT2D eigenvalue weighted by molar-refractivity contribution is 0.559. The smallest absolute Gasteiger partial charge is 0.0937 e. The van der Waals surface area contributed by atoms with Crippen LogP contribution in [0.4, 0.5) is 0 Å². The van der Waals surface area contributed by atoms with Crippen molar-refractivity contribution in [1.29, 1.82) is 0 Å². The zero-order valence-electron chi connectivity index (χ0n) is 6.71. The van der Waals surface area contributed by atoms with Gasteiger partial charge in [0.15, 0.2) is 0 Å². The van der Waals surface area contributed by atoms with Crippen molar-refractivity contribution in [3.63, 3.8) is 0 Å². The topological polar surface area (TPSA) is 25.2 Å². The fourth-order valence-electron chi connectivity index (χ4n) is 1.70. The highest BCUT2D eigenvalue weighted by molar-refractivity contribution is 5.15. The van der Waals surface area contributed by atoms with Crippen molar-refractivity contribution in [2.45, 2.75) is 25.3 Å². The van der Waals surface area contributed by atoms with Gasteiger partial charge in [0.1, 0.15) is 0 Å². The summed E-state index contributed by atoms with van der Waals surface area (Å²) in [5.41, 5.74) is 1.34. The fraction of sp³-hybridized carbons (Fsp3) is 0.556. The van der Waals surface area contributed by atoms with Crippen LogP contribution in [0.3, 0.4) is 0 Å². The molecule has 1 aromatic rings. The van der Waals surface area contributed by atoms with E-state index in [4.69, 9.17) is 4.42 Å². The minimum absolute atomic E-state index is 0.662. The molecule has 2 nitrogen and oxygen atoms in total. The van der Waals surface area contributed by atoms with Gasteiger partial charge in [0.2, 0.25) is 0 Å². The summed E-state index contributed by atoms with van der Waals surface area (Å²) in [5.74, 6) is 0.670. The first-order valence-corrected chi connectivity index (χ1v) is 4.12. The number of furan rings is 1. The molecule has 0 aromatic carbocycles. The summed E-state index contributed by atoms with van der Waals surface area (Å²) in [4.78, 5) is 0. The van der Waals surface area contributed by atoms with E-state index in [1.54, 1.807) is 6.26 Å². The van der Waals surface area contributed by atoms with Crippen molar-refractivity contribution in [3.05, 3.63) is 24.2 Å². The van der Waals surface area contributed by atoms with Gasteiger partial charge in [-0.2, -0.15) is 0 Å². The molecule has 0 amide bonds. The molecule has 0 spiro atoms. The third-order valence-electron chi connectivity index (χ3n) is 2.37. The van der Waals surface area contributed by atoms with Gasteiger partial charge in [-0.3, -0.25) is 0 Å². The Kier molecular flexibility index (Phi) is 1.70. The lowest BCUT2D eigenvalue weighted by atomic mass is 10.00. The Bertz CT molecular complexity index is 217. The highest BCUT2D eigenvalue weighted by Crippen LogP contribution is 2.25. The summed E-state index contributed by atoms with van der Waals surface area (Å²) in [6.45, 7) is 3.32. The zero-order valence-corrected chi connectivity index (χ0v) is 6.71. The van der Waals surface area contributed by atoms with Gasteiger partial charge in [-0.15, -0.1) is 0 Å². The molecule has 0 saturated carbocycles. The molecule has 11 heavy (non-hydrogen) atoms. The molecule has 1 aliphatic heterocycles. The van der Waals surface area contributed by atoms with Gasteiger partial charge >= 0.3 is 0 Å². The Morgan fingerprint density at radius 1 is 1.64 bits per heavy atom. The molecule has 1 saturated heterocycles. The van der Waals surface area contributed by atoms with Gasteiger partial charge in [-0.05, 0) is 25.0 Å². The van der Waals surface area contributed by atoms with Crippen LogP contribution in [-0.4, -0.2) is 12.6 Å². The van der Waals surface area contributed by atoms with Crippen LogP contribution in [0.25, 0.3) is 0 Å². The standard InChI is InChI=1S/C9H13NO/c1-7-4-9(5-10-7)8-2-3-11-6-8/h2-3,6-7,9-10H,4-5H2,1H3. The van der Waals surface area contributed by atoms with Gasteiger partial charge in [-0.25, -0.2) is 0 Å². The van der Waals surface area contributed by atoms with Crippen LogP contribution >= 0.6 is 0 Å². The number of hydrogen-bond donors (Lipinski definition) is 1. The van der Waals surface area contributed by atoms with Crippen molar-refractivity contribution in [1.82, 2.24) is 5.32 Å². The first-order chi connectivity index (χ1) is 5.36. The Morgan fingerprint density at radius 2 is 2.55 bits per heavy atom. The van der Waals surface area contributed by atoms with Gasteiger partial charge in [0.05, 0.1) is 12.5 Å². The molecule has 1 aliphatic rings. The average molecular weight is 151 g/mol. The Labute approximate surface area is 66.6 Å². The van der Waals surface area contributed by atoms with Gasteiger partial charge in [-0.1, -0.05) is 0 Å². The minimum Gasteiger partial charge on any atom is -0.472 e. The van der Waals surface area contributed by atoms with Crippen LogP contribution < -0.4 is 5.32 Å². The summed E-state index contributed by atoms with van der Waals surface area (Å²) in [6, 6.07) is 2.72. The Morgan fingerprint density at radius 3 is 3.09 bits per heavy atom. The molecule has 2 heterocycles. The molecular weight excluding hydrogens is 138 g/mol. The normalized spacial score (nSPS) is 31.0. The van der Waals surface area contributed by atoms with Crippen molar-refractivity contribution in [3.8, 4) is 0 Å². The van der Waals surface area contributed by atoms with Crippen LogP contribution in [0.1, 0.15) is 24.8 Å². The molecule has 0 aliphatic carbocycles. The number of hydrogen-bond acceptors (Lipinski definition) is 2. The molecule has 1 N–H and O–H groups in total. The molecule has 0 radical (unpaired) electrons. The first kappa shape index (κ1) is 6.92. The fourth-order valence-corrected chi connectivity index (χ4v) is 1.70. The number of rotatable bonds is 1. The first-order valence-electron chi connectivity index (χ1n) is 4.12. The maximum Gasteiger partial charge on any atom is 0.0937 e. The maximum atomic E-state index is 5.03. The second-order valence-corrected chi connectivity index (χ2v) is 3.30. The lowest BCUT2D eigenvalue weighted by Crippen LogP contribution is -2.16. The van der Waals surface area contributed by atoms with Crippen molar-refractivity contribution in [2.75, 3.05) is 6.54 Å². The van der Waals surface area contributed by atoms with Crippen LogP contribution in [0.5, 0.6) is 0 Å². The summed E-state index contributed by atoms with van der Waals surface area (Å²) in [5, 5.41) is 3.42. The second kappa shape index (κ2) is 2.70. The molecule has 1 fully saturated rings. The average Bonchev–Trinajstić information content (AvgIpc) is 2.55. The van der Waals surface area contributed by atoms with E-state index >= 15 is 0 Å². The summed E-state index contributed by atoms with van der Waals surface area (Å²) < 4.78 is 5.03. The van der Waals surface area contributed by atoms with E-state index in [0.717, 1.165) is 6.54 Å². The van der Waals surface area contributed by atoms with Gasteiger partial charge in [0, 0.05) is 18.5 Å². The Balaban J connectivity index is 2.08. The molecule has 1 aromatic heterocycles. The molecule has 2 unspecified atom stereocenters. The monoisotopic (exact) mass is 151 g/mol. The van der Waals surface area contributed by atoms with E-state index in [0.29, 0.717) is 12.0 Å². The lowest BCUT2D eigenvalue weighted by Gasteiger charge is -2.02. The van der Waals surface area contributed by atoms with Gasteiger partial charge in [0.25, 0.3) is 0 Å². The van der Waals surface area contributed by atoms with Crippen LogP contribution in [0.15, 0.2) is 23.0 Å². The molecular formula is C9H13NO. The quantitative estimate of drug-likeness (QED) is 0.661. The summed E-state index contributed by atoms with van der Waals surface area (Å²) in [6.07, 6.45) is 4.84. The summed E-state index contributed by atoms with van der Waals surface area (Å²) >= 11 is 0. The summed E-state index contributed by atoms with van der Waals surface area (Å²) in [7, 11) is 0. The van der Waals surface area contributed by atoms with Gasteiger partial charge < -0.3 is 9.73 Å². The Hall–Kier alpha value is -0.760. The van der Waals surface area contributed by atoms with E-state index < -0.39 is 0 Å². The number of nitrogens with one attached hydrogen (secondary N) is 1. The predicted molar refractivity (Wildman–Crippen MR) is 43.5 cm³/mol. The van der Waals surface area contributed by atoms with Crippen LogP contribution in [0.2, 0.25) is 0 Å². The van der Waals surface area contributed by atoms with E-state index in [1.165, 1.54) is 12.0 Å². The highest BCUT2D eigenvalue weighted by Gasteiger charge is 2.22. The van der Waals surface area contributed by atoms with Crippen molar-refractivity contribution < 1.29 is 4.42 Å². The SMILES string of the molecule is CC1CC(c2ccoc2)CN1. The van der Waals surface area contributed by atoms with E-state index in [-0.39, 0.29) is 0 Å². The third-order valence-corrected chi connectivity index (χ3v) is 2.37. The molecule has 60 valence electrons. The molecule has 2 heteroatoms. The second-order valence-electron chi connectivity index (χ2n) is 3.30. The third kappa shape index (κ3) is 1.31. The van der Waals surface area contributed by atoms with Crippen LogP contribution in [-0.2, 0) is 0 Å². The molecule has 0 bridgehead atoms. The molecule has 2 atom stereocenters. The zero-order chi connectivity index (χ0) is 7.68. The van der Waals surface area contributed by atoms with Crippen molar-refractivity contribution in [2.24, 2.45) is 0 Å².